The zero-order valence-electron chi connectivity index (χ0n) is 8.75. The molecule has 0 amide bonds. The molecule has 0 aromatic carbocycles. The Hall–Kier alpha value is -0.830. The van der Waals surface area contributed by atoms with Gasteiger partial charge in [-0.05, 0) is 12.8 Å². The van der Waals surface area contributed by atoms with Gasteiger partial charge < -0.3 is 5.32 Å². The quantitative estimate of drug-likeness (QED) is 0.786. The van der Waals surface area contributed by atoms with Crippen molar-refractivity contribution in [2.75, 3.05) is 5.32 Å². The Labute approximate surface area is 95.3 Å². The summed E-state index contributed by atoms with van der Waals surface area (Å²) in [5.74, 6) is 0.700. The van der Waals surface area contributed by atoms with Gasteiger partial charge >= 0.3 is 0 Å². The molecule has 0 atom stereocenters. The van der Waals surface area contributed by atoms with Gasteiger partial charge in [0.25, 0.3) is 0 Å². The van der Waals surface area contributed by atoms with Crippen molar-refractivity contribution in [3.8, 4) is 0 Å². The van der Waals surface area contributed by atoms with Crippen LogP contribution in [0.3, 0.4) is 0 Å². The van der Waals surface area contributed by atoms with E-state index in [0.29, 0.717) is 17.0 Å². The van der Waals surface area contributed by atoms with Gasteiger partial charge in [-0.25, -0.2) is 9.97 Å². The molecule has 0 aliphatic heterocycles. The monoisotopic (exact) mass is 225 g/mol. The summed E-state index contributed by atoms with van der Waals surface area (Å²) in [4.78, 5) is 8.30. The molecule has 1 aromatic rings. The first kappa shape index (κ1) is 10.7. The molecule has 0 unspecified atom stereocenters. The second-order valence-electron chi connectivity index (χ2n) is 4.06. The van der Waals surface area contributed by atoms with Gasteiger partial charge in [-0.15, -0.1) is 0 Å². The predicted octanol–water partition coefficient (Wildman–Crippen LogP) is 3.26. The molecule has 3 nitrogen and oxygen atoms in total. The highest BCUT2D eigenvalue weighted by atomic mass is 35.5. The van der Waals surface area contributed by atoms with Gasteiger partial charge in [0.05, 0.1) is 17.4 Å². The van der Waals surface area contributed by atoms with Crippen LogP contribution in [0, 0.1) is 0 Å². The van der Waals surface area contributed by atoms with Crippen LogP contribution in [0.1, 0.15) is 38.5 Å². The number of aromatic nitrogens is 2. The topological polar surface area (TPSA) is 37.8 Å². The van der Waals surface area contributed by atoms with Crippen LogP contribution in [0.15, 0.2) is 12.4 Å². The molecule has 15 heavy (non-hydrogen) atoms. The smallest absolute Gasteiger partial charge is 0.222 e. The van der Waals surface area contributed by atoms with Crippen LogP contribution in [-0.2, 0) is 0 Å². The van der Waals surface area contributed by atoms with Crippen molar-refractivity contribution < 1.29 is 0 Å². The number of nitrogens with zero attached hydrogens (tertiary/aromatic N) is 2. The van der Waals surface area contributed by atoms with Crippen LogP contribution < -0.4 is 5.32 Å². The Balaban J connectivity index is 1.92. The lowest BCUT2D eigenvalue weighted by molar-refractivity contribution is 0.615. The molecule has 0 radical (unpaired) electrons. The first-order valence-electron chi connectivity index (χ1n) is 5.59. The Morgan fingerprint density at radius 1 is 1.07 bits per heavy atom. The molecule has 1 N–H and O–H groups in total. The molecule has 0 bridgehead atoms. The summed E-state index contributed by atoms with van der Waals surface area (Å²) < 4.78 is 0. The van der Waals surface area contributed by atoms with E-state index in [2.05, 4.69) is 15.3 Å². The molecular weight excluding hydrogens is 210 g/mol. The average molecular weight is 226 g/mol. The van der Waals surface area contributed by atoms with E-state index in [1.165, 1.54) is 38.5 Å². The Bertz CT molecular complexity index is 291. The summed E-state index contributed by atoms with van der Waals surface area (Å²) in [6.45, 7) is 0. The third kappa shape index (κ3) is 3.34. The minimum absolute atomic E-state index is 0.536. The molecule has 1 aliphatic rings. The van der Waals surface area contributed by atoms with Gasteiger partial charge in [0, 0.05) is 6.04 Å². The third-order valence-electron chi connectivity index (χ3n) is 2.81. The number of hydrogen-bond donors (Lipinski definition) is 1. The van der Waals surface area contributed by atoms with E-state index in [4.69, 9.17) is 11.6 Å². The second-order valence-corrected chi connectivity index (χ2v) is 4.49. The van der Waals surface area contributed by atoms with Crippen LogP contribution >= 0.6 is 11.6 Å². The molecular formula is C11H16ClN3. The van der Waals surface area contributed by atoms with E-state index >= 15 is 0 Å². The van der Waals surface area contributed by atoms with Crippen LogP contribution in [0.5, 0.6) is 0 Å². The normalized spacial score (nSPS) is 18.5. The summed E-state index contributed by atoms with van der Waals surface area (Å²) in [5, 5.41) is 3.95. The molecule has 1 aliphatic carbocycles. The van der Waals surface area contributed by atoms with Gasteiger partial charge in [0.15, 0.2) is 0 Å². The molecule has 2 rings (SSSR count). The molecule has 0 saturated heterocycles. The minimum atomic E-state index is 0.536. The summed E-state index contributed by atoms with van der Waals surface area (Å²) in [6, 6.07) is 0.536. The van der Waals surface area contributed by atoms with Crippen molar-refractivity contribution >= 4 is 17.5 Å². The van der Waals surface area contributed by atoms with E-state index in [9.17, 15) is 0 Å². The van der Waals surface area contributed by atoms with E-state index < -0.39 is 0 Å². The number of halogens is 1. The molecule has 1 fully saturated rings. The third-order valence-corrected chi connectivity index (χ3v) is 3.00. The number of rotatable bonds is 2. The highest BCUT2D eigenvalue weighted by Gasteiger charge is 2.12. The fraction of sp³-hybridized carbons (Fsp3) is 0.636. The number of anilines is 1. The zero-order valence-corrected chi connectivity index (χ0v) is 9.50. The second kappa shape index (κ2) is 5.31. The molecule has 4 heteroatoms. The van der Waals surface area contributed by atoms with Crippen LogP contribution in [0.4, 0.5) is 5.95 Å². The Morgan fingerprint density at radius 2 is 1.67 bits per heavy atom. The van der Waals surface area contributed by atoms with Gasteiger partial charge in [0.2, 0.25) is 5.95 Å². The van der Waals surface area contributed by atoms with Crippen LogP contribution in [0.2, 0.25) is 5.02 Å². The molecule has 0 spiro atoms. The summed E-state index contributed by atoms with van der Waals surface area (Å²) in [5.41, 5.74) is 0. The van der Waals surface area contributed by atoms with Crippen LogP contribution in [0.25, 0.3) is 0 Å². The van der Waals surface area contributed by atoms with Crippen LogP contribution in [-0.4, -0.2) is 16.0 Å². The van der Waals surface area contributed by atoms with E-state index in [-0.39, 0.29) is 0 Å². The van der Waals surface area contributed by atoms with Crippen molar-refractivity contribution in [2.45, 2.75) is 44.6 Å². The SMILES string of the molecule is Clc1cnc(NC2CCCCCC2)nc1. The largest absolute Gasteiger partial charge is 0.351 e. The zero-order chi connectivity index (χ0) is 10.5. The predicted molar refractivity (Wildman–Crippen MR) is 62.2 cm³/mol. The van der Waals surface area contributed by atoms with Gasteiger partial charge in [-0.3, -0.25) is 0 Å². The Morgan fingerprint density at radius 3 is 2.27 bits per heavy atom. The highest BCUT2D eigenvalue weighted by Crippen LogP contribution is 2.19. The maximum atomic E-state index is 5.73. The minimum Gasteiger partial charge on any atom is -0.351 e. The average Bonchev–Trinajstić information content (AvgIpc) is 2.50. The van der Waals surface area contributed by atoms with Crippen molar-refractivity contribution in [2.24, 2.45) is 0 Å². The molecule has 1 saturated carbocycles. The number of hydrogen-bond acceptors (Lipinski definition) is 3. The maximum absolute atomic E-state index is 5.73. The van der Waals surface area contributed by atoms with E-state index in [0.717, 1.165) is 0 Å². The lowest BCUT2D eigenvalue weighted by Gasteiger charge is -2.15. The van der Waals surface area contributed by atoms with Crippen molar-refractivity contribution in [3.05, 3.63) is 17.4 Å². The lowest BCUT2D eigenvalue weighted by atomic mass is 10.1. The highest BCUT2D eigenvalue weighted by molar-refractivity contribution is 6.30. The Kier molecular flexibility index (Phi) is 3.78. The number of nitrogens with one attached hydrogen (secondary N) is 1. The fourth-order valence-electron chi connectivity index (χ4n) is 1.99. The lowest BCUT2D eigenvalue weighted by Crippen LogP contribution is -2.19. The molecule has 1 heterocycles. The van der Waals surface area contributed by atoms with Crippen molar-refractivity contribution in [1.82, 2.24) is 9.97 Å². The fourth-order valence-corrected chi connectivity index (χ4v) is 2.09. The van der Waals surface area contributed by atoms with E-state index in [1.54, 1.807) is 12.4 Å². The standard InChI is InChI=1S/C11H16ClN3/c12-9-7-13-11(14-8-9)15-10-5-3-1-2-4-6-10/h7-8,10H,1-6H2,(H,13,14,15). The maximum Gasteiger partial charge on any atom is 0.222 e. The molecule has 82 valence electrons. The summed E-state index contributed by atoms with van der Waals surface area (Å²) >= 11 is 5.73. The van der Waals surface area contributed by atoms with Gasteiger partial charge in [-0.2, -0.15) is 0 Å². The van der Waals surface area contributed by atoms with E-state index in [1.807, 2.05) is 0 Å². The van der Waals surface area contributed by atoms with Gasteiger partial charge in [0.1, 0.15) is 0 Å². The van der Waals surface area contributed by atoms with Crippen molar-refractivity contribution in [1.29, 1.82) is 0 Å². The summed E-state index contributed by atoms with van der Waals surface area (Å²) in [6.07, 6.45) is 11.1. The first-order valence-corrected chi connectivity index (χ1v) is 5.96. The summed E-state index contributed by atoms with van der Waals surface area (Å²) in [7, 11) is 0. The van der Waals surface area contributed by atoms with Crippen molar-refractivity contribution in [3.63, 3.8) is 0 Å². The first-order chi connectivity index (χ1) is 7.34. The van der Waals surface area contributed by atoms with Gasteiger partial charge in [-0.1, -0.05) is 37.3 Å². The molecule has 1 aromatic heterocycles.